The van der Waals surface area contributed by atoms with Crippen LogP contribution >= 0.6 is 10.7 Å². The van der Waals surface area contributed by atoms with Crippen LogP contribution in [0.1, 0.15) is 13.8 Å². The topological polar surface area (TPSA) is 68.2 Å². The van der Waals surface area contributed by atoms with Crippen LogP contribution in [0.4, 0.5) is 0 Å². The molecule has 0 saturated carbocycles. The quantitative estimate of drug-likeness (QED) is 0.879. The number of nitrogens with zero attached hydrogens (tertiary/aromatic N) is 1. The monoisotopic (exact) mass is 314 g/mol. The van der Waals surface area contributed by atoms with Gasteiger partial charge in [0, 0.05) is 33.8 Å². The molecule has 0 unspecified atom stereocenters. The molecular weight excluding hydrogens is 300 g/mol. The van der Waals surface area contributed by atoms with Crippen molar-refractivity contribution in [3.63, 3.8) is 0 Å². The highest BCUT2D eigenvalue weighted by molar-refractivity contribution is 8.14. The van der Waals surface area contributed by atoms with Gasteiger partial charge in [-0.2, -0.15) is 0 Å². The van der Waals surface area contributed by atoms with Gasteiger partial charge in [0.1, 0.15) is 11.4 Å². The van der Waals surface area contributed by atoms with E-state index in [0.29, 0.717) is 10.9 Å². The van der Waals surface area contributed by atoms with Crippen LogP contribution in [0, 0.1) is 0 Å². The van der Waals surface area contributed by atoms with Crippen molar-refractivity contribution in [3.05, 3.63) is 30.5 Å². The second-order valence-corrected chi connectivity index (χ2v) is 7.33. The Bertz CT molecular complexity index is 750. The van der Waals surface area contributed by atoms with Crippen molar-refractivity contribution in [2.45, 2.75) is 31.3 Å². The third-order valence-corrected chi connectivity index (χ3v) is 4.13. The predicted octanol–water partition coefficient (Wildman–Crippen LogP) is 2.09. The molecule has 108 valence electrons. The van der Waals surface area contributed by atoms with Crippen molar-refractivity contribution in [1.82, 2.24) is 9.88 Å². The fourth-order valence-electron chi connectivity index (χ4n) is 2.06. The molecule has 1 amide bonds. The number of hydrogen-bond acceptors (Lipinski definition) is 3. The molecule has 2 aromatic rings. The molecule has 0 aliphatic heterocycles. The van der Waals surface area contributed by atoms with Crippen molar-refractivity contribution in [1.29, 1.82) is 0 Å². The molecule has 2 rings (SSSR count). The van der Waals surface area contributed by atoms with Crippen LogP contribution in [-0.2, 0) is 20.4 Å². The number of carbonyl (C=O) groups excluding carboxylic acids is 1. The molecular formula is C13H15ClN2O3S. The van der Waals surface area contributed by atoms with Crippen molar-refractivity contribution >= 4 is 36.5 Å². The number of aromatic nitrogens is 1. The van der Waals surface area contributed by atoms with Gasteiger partial charge >= 0.3 is 0 Å². The molecule has 1 N–H and O–H groups in total. The van der Waals surface area contributed by atoms with Gasteiger partial charge in [-0.05, 0) is 19.9 Å². The number of carbonyl (C=O) groups is 1. The number of halogens is 1. The molecule has 5 nitrogen and oxygen atoms in total. The molecule has 1 aromatic carbocycles. The Morgan fingerprint density at radius 2 is 2.00 bits per heavy atom. The summed E-state index contributed by atoms with van der Waals surface area (Å²) in [5.41, 5.74) is 0.658. The first-order valence-electron chi connectivity index (χ1n) is 6.11. The maximum Gasteiger partial charge on any atom is 0.263 e. The summed E-state index contributed by atoms with van der Waals surface area (Å²) in [6.45, 7) is 3.77. The van der Waals surface area contributed by atoms with E-state index in [-0.39, 0.29) is 23.4 Å². The second kappa shape index (κ2) is 5.46. The first-order chi connectivity index (χ1) is 9.29. The minimum Gasteiger partial charge on any atom is -0.352 e. The Hall–Kier alpha value is -1.53. The van der Waals surface area contributed by atoms with Crippen LogP contribution in [0.3, 0.4) is 0 Å². The van der Waals surface area contributed by atoms with Gasteiger partial charge in [0.2, 0.25) is 5.91 Å². The van der Waals surface area contributed by atoms with Crippen LogP contribution in [-0.4, -0.2) is 24.9 Å². The minimum absolute atomic E-state index is 0.0205. The van der Waals surface area contributed by atoms with Gasteiger partial charge in [0.25, 0.3) is 9.05 Å². The molecule has 0 fully saturated rings. The summed E-state index contributed by atoms with van der Waals surface area (Å²) >= 11 is 0. The predicted molar refractivity (Wildman–Crippen MR) is 78.3 cm³/mol. The Kier molecular flexibility index (Phi) is 4.06. The maximum absolute atomic E-state index is 11.8. The number of fused-ring (bicyclic) bond motifs is 1. The summed E-state index contributed by atoms with van der Waals surface area (Å²) in [6, 6.07) is 6.96. The number of benzene rings is 1. The molecule has 7 heteroatoms. The molecule has 20 heavy (non-hydrogen) atoms. The van der Waals surface area contributed by atoms with E-state index in [1.807, 2.05) is 13.8 Å². The lowest BCUT2D eigenvalue weighted by atomic mass is 10.2. The molecule has 0 aliphatic carbocycles. The van der Waals surface area contributed by atoms with E-state index in [9.17, 15) is 13.2 Å². The zero-order chi connectivity index (χ0) is 14.9. The first-order valence-corrected chi connectivity index (χ1v) is 8.42. The molecule has 0 radical (unpaired) electrons. The summed E-state index contributed by atoms with van der Waals surface area (Å²) < 4.78 is 24.7. The third-order valence-electron chi connectivity index (χ3n) is 2.78. The summed E-state index contributed by atoms with van der Waals surface area (Å²) in [5, 5.41) is 3.28. The largest absolute Gasteiger partial charge is 0.352 e. The highest BCUT2D eigenvalue weighted by Gasteiger charge is 2.19. The highest BCUT2D eigenvalue weighted by atomic mass is 35.7. The number of nitrogens with one attached hydrogen (secondary N) is 1. The van der Waals surface area contributed by atoms with E-state index in [2.05, 4.69) is 5.32 Å². The summed E-state index contributed by atoms with van der Waals surface area (Å²) in [4.78, 5) is 11.8. The van der Waals surface area contributed by atoms with E-state index in [4.69, 9.17) is 10.7 Å². The van der Waals surface area contributed by atoms with Crippen molar-refractivity contribution in [2.24, 2.45) is 0 Å². The molecule has 0 bridgehead atoms. The Morgan fingerprint density at radius 1 is 1.35 bits per heavy atom. The third kappa shape index (κ3) is 3.13. The van der Waals surface area contributed by atoms with E-state index in [0.717, 1.165) is 0 Å². The van der Waals surface area contributed by atoms with Gasteiger partial charge in [-0.25, -0.2) is 8.42 Å². The molecule has 0 spiro atoms. The number of amides is 1. The molecule has 0 saturated heterocycles. The smallest absolute Gasteiger partial charge is 0.263 e. The lowest BCUT2D eigenvalue weighted by Gasteiger charge is -2.09. The van der Waals surface area contributed by atoms with Gasteiger partial charge in [-0.3, -0.25) is 4.79 Å². The fraction of sp³-hybridized carbons (Fsp3) is 0.308. The number of hydrogen-bond donors (Lipinski definition) is 1. The van der Waals surface area contributed by atoms with Crippen molar-refractivity contribution in [3.8, 4) is 0 Å². The minimum atomic E-state index is -3.85. The standard InChI is InChI=1S/C13H15ClN2O3S/c1-9(2)15-13(17)8-16-7-12(20(14,18)19)10-5-3-4-6-11(10)16/h3-7,9H,8H2,1-2H3,(H,15,17). The van der Waals surface area contributed by atoms with Crippen LogP contribution < -0.4 is 5.32 Å². The normalized spacial score (nSPS) is 12.0. The van der Waals surface area contributed by atoms with Crippen molar-refractivity contribution < 1.29 is 13.2 Å². The summed E-state index contributed by atoms with van der Waals surface area (Å²) in [6.07, 6.45) is 1.40. The van der Waals surface area contributed by atoms with Crippen LogP contribution in [0.2, 0.25) is 0 Å². The molecule has 0 aliphatic rings. The average molecular weight is 315 g/mol. The zero-order valence-electron chi connectivity index (χ0n) is 11.1. The number of rotatable bonds is 4. The zero-order valence-corrected chi connectivity index (χ0v) is 12.7. The van der Waals surface area contributed by atoms with Gasteiger partial charge in [-0.1, -0.05) is 18.2 Å². The fourth-order valence-corrected chi connectivity index (χ4v) is 3.12. The van der Waals surface area contributed by atoms with Gasteiger partial charge in [-0.15, -0.1) is 0 Å². The Labute approximate surface area is 122 Å². The van der Waals surface area contributed by atoms with E-state index < -0.39 is 9.05 Å². The first kappa shape index (κ1) is 14.9. The van der Waals surface area contributed by atoms with Crippen LogP contribution in [0.15, 0.2) is 35.4 Å². The lowest BCUT2D eigenvalue weighted by molar-refractivity contribution is -0.122. The van der Waals surface area contributed by atoms with Crippen molar-refractivity contribution in [2.75, 3.05) is 0 Å². The molecule has 0 atom stereocenters. The SMILES string of the molecule is CC(C)NC(=O)Cn1cc(S(=O)(=O)Cl)c2ccccc21. The number of para-hydroxylation sites is 1. The maximum atomic E-state index is 11.8. The average Bonchev–Trinajstić information content (AvgIpc) is 2.67. The molecule has 1 heterocycles. The summed E-state index contributed by atoms with van der Waals surface area (Å²) in [5.74, 6) is -0.181. The van der Waals surface area contributed by atoms with Crippen LogP contribution in [0.25, 0.3) is 10.9 Å². The lowest BCUT2D eigenvalue weighted by Crippen LogP contribution is -2.32. The van der Waals surface area contributed by atoms with Gasteiger partial charge in [0.15, 0.2) is 0 Å². The second-order valence-electron chi connectivity index (χ2n) is 4.80. The van der Waals surface area contributed by atoms with Gasteiger partial charge < -0.3 is 9.88 Å². The Balaban J connectivity index is 2.47. The van der Waals surface area contributed by atoms with E-state index in [1.54, 1.807) is 28.8 Å². The van der Waals surface area contributed by atoms with Crippen LogP contribution in [0.5, 0.6) is 0 Å². The Morgan fingerprint density at radius 3 is 2.60 bits per heavy atom. The highest BCUT2D eigenvalue weighted by Crippen LogP contribution is 2.27. The van der Waals surface area contributed by atoms with E-state index >= 15 is 0 Å². The molecule has 1 aromatic heterocycles. The summed E-state index contributed by atoms with van der Waals surface area (Å²) in [7, 11) is 1.58. The van der Waals surface area contributed by atoms with Gasteiger partial charge in [0.05, 0.1) is 0 Å². The van der Waals surface area contributed by atoms with E-state index in [1.165, 1.54) is 6.20 Å².